The first kappa shape index (κ1) is 15.2. The highest BCUT2D eigenvalue weighted by molar-refractivity contribution is 5.99. The minimum atomic E-state index is -0.384. The van der Waals surface area contributed by atoms with Gasteiger partial charge in [0, 0.05) is 24.7 Å². The number of ether oxygens (including phenoxy) is 1. The van der Waals surface area contributed by atoms with Crippen LogP contribution in [0.5, 0.6) is 5.75 Å². The molecule has 1 aromatic carbocycles. The number of benzene rings is 1. The van der Waals surface area contributed by atoms with Crippen LogP contribution in [0.25, 0.3) is 0 Å². The molecule has 3 rings (SSSR count). The molecule has 1 heterocycles. The highest BCUT2D eigenvalue weighted by Crippen LogP contribution is 2.44. The predicted molar refractivity (Wildman–Crippen MR) is 86.2 cm³/mol. The molecule has 23 heavy (non-hydrogen) atoms. The first-order chi connectivity index (χ1) is 11.1. The number of carbonyl (C=O) groups excluding carboxylic acids is 1. The van der Waals surface area contributed by atoms with Crippen LogP contribution < -0.4 is 10.5 Å². The van der Waals surface area contributed by atoms with E-state index in [1.54, 1.807) is 12.0 Å². The summed E-state index contributed by atoms with van der Waals surface area (Å²) in [5.41, 5.74) is 9.17. The smallest absolute Gasteiger partial charge is 0.161 e. The molecule has 0 radical (unpaired) electrons. The van der Waals surface area contributed by atoms with Crippen molar-refractivity contribution in [2.24, 2.45) is 5.73 Å². The summed E-state index contributed by atoms with van der Waals surface area (Å²) >= 11 is 0. The normalized spacial score (nSPS) is 21.2. The van der Waals surface area contributed by atoms with Crippen molar-refractivity contribution in [1.29, 1.82) is 5.26 Å². The zero-order valence-corrected chi connectivity index (χ0v) is 13.3. The first-order valence-electron chi connectivity index (χ1n) is 7.62. The van der Waals surface area contributed by atoms with Gasteiger partial charge in [0.15, 0.2) is 5.78 Å². The van der Waals surface area contributed by atoms with Gasteiger partial charge in [-0.15, -0.1) is 0 Å². The molecule has 0 saturated heterocycles. The van der Waals surface area contributed by atoms with Crippen molar-refractivity contribution in [2.75, 3.05) is 14.2 Å². The van der Waals surface area contributed by atoms with Crippen molar-refractivity contribution in [1.82, 2.24) is 4.90 Å². The molecule has 1 atom stereocenters. The number of ketones is 1. The zero-order chi connectivity index (χ0) is 16.6. The van der Waals surface area contributed by atoms with Gasteiger partial charge < -0.3 is 15.4 Å². The van der Waals surface area contributed by atoms with Crippen molar-refractivity contribution in [2.45, 2.75) is 25.2 Å². The van der Waals surface area contributed by atoms with Gasteiger partial charge in [-0.2, -0.15) is 5.26 Å². The van der Waals surface area contributed by atoms with Crippen molar-refractivity contribution < 1.29 is 9.53 Å². The molecule has 5 heteroatoms. The van der Waals surface area contributed by atoms with E-state index in [-0.39, 0.29) is 11.7 Å². The Bertz CT molecular complexity index is 753. The van der Waals surface area contributed by atoms with Crippen LogP contribution in [-0.4, -0.2) is 24.8 Å². The highest BCUT2D eigenvalue weighted by atomic mass is 16.5. The summed E-state index contributed by atoms with van der Waals surface area (Å²) in [7, 11) is 3.43. The average molecular weight is 309 g/mol. The van der Waals surface area contributed by atoms with Crippen LogP contribution in [0.2, 0.25) is 0 Å². The largest absolute Gasteiger partial charge is 0.497 e. The number of hydrogen-bond donors (Lipinski definition) is 1. The molecule has 0 bridgehead atoms. The van der Waals surface area contributed by atoms with Gasteiger partial charge in [0.25, 0.3) is 0 Å². The molecular weight excluding hydrogens is 290 g/mol. The van der Waals surface area contributed by atoms with Gasteiger partial charge in [0.1, 0.15) is 11.6 Å². The minimum absolute atomic E-state index is 0.110. The Morgan fingerprint density at radius 1 is 1.30 bits per heavy atom. The topological polar surface area (TPSA) is 79.3 Å². The SMILES string of the molecule is COc1ccc([C@H]2C(C#N)=C(N)N(C)C3=C2C(=O)CCC3)cc1. The molecule has 0 saturated carbocycles. The lowest BCUT2D eigenvalue weighted by atomic mass is 9.76. The molecule has 1 aromatic rings. The van der Waals surface area contributed by atoms with E-state index in [0.29, 0.717) is 17.8 Å². The number of methoxy groups -OCH3 is 1. The summed E-state index contributed by atoms with van der Waals surface area (Å²) in [4.78, 5) is 14.4. The number of rotatable bonds is 2. The molecule has 0 aromatic heterocycles. The quantitative estimate of drug-likeness (QED) is 0.907. The second-order valence-corrected chi connectivity index (χ2v) is 5.81. The Labute approximate surface area is 135 Å². The van der Waals surface area contributed by atoms with E-state index in [1.807, 2.05) is 31.3 Å². The summed E-state index contributed by atoms with van der Waals surface area (Å²) in [6.07, 6.45) is 2.16. The summed E-state index contributed by atoms with van der Waals surface area (Å²) in [6, 6.07) is 9.68. The number of allylic oxidation sites excluding steroid dienone is 3. The number of hydrogen-bond acceptors (Lipinski definition) is 5. The molecule has 118 valence electrons. The van der Waals surface area contributed by atoms with Gasteiger partial charge >= 0.3 is 0 Å². The van der Waals surface area contributed by atoms with Gasteiger partial charge in [-0.3, -0.25) is 4.79 Å². The van der Waals surface area contributed by atoms with Gasteiger partial charge in [0.2, 0.25) is 0 Å². The van der Waals surface area contributed by atoms with Crippen LogP contribution in [0.15, 0.2) is 46.9 Å². The third kappa shape index (κ3) is 2.36. The molecule has 5 nitrogen and oxygen atoms in total. The molecule has 1 aliphatic heterocycles. The first-order valence-corrected chi connectivity index (χ1v) is 7.62. The van der Waals surface area contributed by atoms with Crippen LogP contribution in [0.4, 0.5) is 0 Å². The van der Waals surface area contributed by atoms with Crippen LogP contribution in [-0.2, 0) is 4.79 Å². The van der Waals surface area contributed by atoms with E-state index >= 15 is 0 Å². The van der Waals surface area contributed by atoms with Crippen molar-refractivity contribution in [3.63, 3.8) is 0 Å². The third-order valence-electron chi connectivity index (χ3n) is 4.62. The Hall–Kier alpha value is -2.74. The van der Waals surface area contributed by atoms with Crippen molar-refractivity contribution in [3.05, 3.63) is 52.5 Å². The summed E-state index contributed by atoms with van der Waals surface area (Å²) in [5.74, 6) is 0.896. The molecule has 0 unspecified atom stereocenters. The lowest BCUT2D eigenvalue weighted by Crippen LogP contribution is -2.36. The van der Waals surface area contributed by atoms with Crippen LogP contribution in [0.3, 0.4) is 0 Å². The Balaban J connectivity index is 2.18. The van der Waals surface area contributed by atoms with Crippen molar-refractivity contribution >= 4 is 5.78 Å². The molecular formula is C18H19N3O2. The maximum absolute atomic E-state index is 12.6. The summed E-state index contributed by atoms with van der Waals surface area (Å²) in [5, 5.41) is 9.62. The van der Waals surface area contributed by atoms with Crippen molar-refractivity contribution in [3.8, 4) is 11.8 Å². The molecule has 0 amide bonds. The molecule has 2 aliphatic rings. The predicted octanol–water partition coefficient (Wildman–Crippen LogP) is 2.43. The van der Waals surface area contributed by atoms with E-state index < -0.39 is 0 Å². The van der Waals surface area contributed by atoms with E-state index in [2.05, 4.69) is 6.07 Å². The van der Waals surface area contributed by atoms with Crippen LogP contribution in [0.1, 0.15) is 30.7 Å². The second-order valence-electron chi connectivity index (χ2n) is 5.81. The molecule has 0 fully saturated rings. The second kappa shape index (κ2) is 5.81. The Morgan fingerprint density at radius 3 is 2.61 bits per heavy atom. The molecule has 0 spiro atoms. The molecule has 2 N–H and O–H groups in total. The average Bonchev–Trinajstić information content (AvgIpc) is 2.58. The standard InChI is InChI=1S/C18H19N3O2/c1-21-14-4-3-5-15(22)17(14)16(13(10-19)18(21)20)11-6-8-12(23-2)9-7-11/h6-9,16H,3-5,20H2,1-2H3/t16-/m0/s1. The fraction of sp³-hybridized carbons (Fsp3) is 0.333. The Morgan fingerprint density at radius 2 is 2.00 bits per heavy atom. The van der Waals surface area contributed by atoms with Crippen LogP contribution >= 0.6 is 0 Å². The third-order valence-corrected chi connectivity index (χ3v) is 4.62. The Kier molecular flexibility index (Phi) is 3.83. The maximum Gasteiger partial charge on any atom is 0.161 e. The lowest BCUT2D eigenvalue weighted by Gasteiger charge is -2.37. The highest BCUT2D eigenvalue weighted by Gasteiger charge is 2.38. The number of nitrogens with zero attached hydrogens (tertiary/aromatic N) is 2. The number of Topliss-reactive ketones (excluding diaryl/α,β-unsaturated/α-hetero) is 1. The summed E-state index contributed by atoms with van der Waals surface area (Å²) < 4.78 is 5.19. The zero-order valence-electron chi connectivity index (χ0n) is 13.3. The van der Waals surface area contributed by atoms with Gasteiger partial charge in [-0.05, 0) is 30.5 Å². The number of nitriles is 1. The number of carbonyl (C=O) groups is 1. The minimum Gasteiger partial charge on any atom is -0.497 e. The lowest BCUT2D eigenvalue weighted by molar-refractivity contribution is -0.116. The van der Waals surface area contributed by atoms with E-state index in [9.17, 15) is 10.1 Å². The molecule has 1 aliphatic carbocycles. The summed E-state index contributed by atoms with van der Waals surface area (Å²) in [6.45, 7) is 0. The van der Waals surface area contributed by atoms with Crippen LogP contribution in [0, 0.1) is 11.3 Å². The fourth-order valence-electron chi connectivity index (χ4n) is 3.39. The van der Waals surface area contributed by atoms with E-state index in [1.165, 1.54) is 0 Å². The number of nitrogens with two attached hydrogens (primary N) is 1. The van der Waals surface area contributed by atoms with Gasteiger partial charge in [-0.25, -0.2) is 0 Å². The maximum atomic E-state index is 12.6. The fourth-order valence-corrected chi connectivity index (χ4v) is 3.39. The van der Waals surface area contributed by atoms with Gasteiger partial charge in [0.05, 0.1) is 24.7 Å². The van der Waals surface area contributed by atoms with Gasteiger partial charge in [-0.1, -0.05) is 12.1 Å². The van der Waals surface area contributed by atoms with E-state index in [0.717, 1.165) is 35.4 Å². The monoisotopic (exact) mass is 309 g/mol. The van der Waals surface area contributed by atoms with E-state index in [4.69, 9.17) is 10.5 Å².